The Bertz CT molecular complexity index is 1080. The molecule has 3 aromatic rings. The van der Waals surface area contributed by atoms with Gasteiger partial charge in [0, 0.05) is 20.1 Å². The summed E-state index contributed by atoms with van der Waals surface area (Å²) in [4.78, 5) is 31.9. The lowest BCUT2D eigenvalue weighted by Crippen LogP contribution is -2.33. The molecule has 0 N–H and O–H groups in total. The van der Waals surface area contributed by atoms with Gasteiger partial charge in [-0.1, -0.05) is 43.0 Å². The van der Waals surface area contributed by atoms with Crippen LogP contribution in [-0.2, 0) is 17.9 Å². The number of aromatic nitrogens is 2. The molecule has 0 radical (unpaired) electrons. The highest BCUT2D eigenvalue weighted by Crippen LogP contribution is 2.24. The number of thioether (sulfide) groups is 1. The average molecular weight is 414 g/mol. The first-order valence-corrected chi connectivity index (χ1v) is 10.4. The molecule has 0 spiro atoms. The third kappa shape index (κ3) is 4.85. The summed E-state index contributed by atoms with van der Waals surface area (Å²) in [6.07, 6.45) is 0.787. The number of fused-ring (bicyclic) bond motifs is 1. The lowest BCUT2D eigenvalue weighted by molar-refractivity contribution is -0.129. The van der Waals surface area contributed by atoms with Crippen molar-refractivity contribution in [3.05, 3.63) is 70.3 Å². The summed E-state index contributed by atoms with van der Waals surface area (Å²) >= 11 is 1.28. The molecule has 1 atom stereocenters. The molecule has 152 valence electrons. The SMILES string of the molecule is CCCn1c(S[C@@H](C)C(=O)N(C)Cc2cccc(F)c2)nc2ccccc2c1=O. The molecule has 1 amide bonds. The molecule has 0 saturated carbocycles. The second-order valence-electron chi connectivity index (χ2n) is 6.95. The standard InChI is InChI=1S/C22H24FN3O2S/c1-4-12-26-21(28)18-10-5-6-11-19(18)24-22(26)29-15(2)20(27)25(3)14-16-8-7-9-17(23)13-16/h5-11,13,15H,4,12,14H2,1-3H3/t15-/m0/s1. The number of nitrogens with zero attached hydrogens (tertiary/aromatic N) is 3. The van der Waals surface area contributed by atoms with E-state index in [-0.39, 0.29) is 17.3 Å². The van der Waals surface area contributed by atoms with Crippen LogP contribution in [0.15, 0.2) is 58.5 Å². The van der Waals surface area contributed by atoms with E-state index < -0.39 is 5.25 Å². The van der Waals surface area contributed by atoms with Crippen LogP contribution in [0.5, 0.6) is 0 Å². The van der Waals surface area contributed by atoms with Crippen molar-refractivity contribution >= 4 is 28.6 Å². The fourth-order valence-electron chi connectivity index (χ4n) is 3.16. The number of halogens is 1. The zero-order valence-corrected chi connectivity index (χ0v) is 17.6. The van der Waals surface area contributed by atoms with Crippen molar-refractivity contribution in [3.8, 4) is 0 Å². The lowest BCUT2D eigenvalue weighted by Gasteiger charge is -2.22. The molecule has 0 bridgehead atoms. The topological polar surface area (TPSA) is 55.2 Å². The number of amides is 1. The number of carbonyl (C=O) groups is 1. The van der Waals surface area contributed by atoms with Crippen molar-refractivity contribution in [2.45, 2.75) is 43.8 Å². The minimum atomic E-state index is -0.440. The number of carbonyl (C=O) groups excluding carboxylic acids is 1. The Morgan fingerprint density at radius 1 is 1.24 bits per heavy atom. The zero-order valence-electron chi connectivity index (χ0n) is 16.8. The van der Waals surface area contributed by atoms with E-state index in [2.05, 4.69) is 4.98 Å². The fraction of sp³-hybridized carbons (Fsp3) is 0.318. The predicted molar refractivity (Wildman–Crippen MR) is 114 cm³/mol. The van der Waals surface area contributed by atoms with Gasteiger partial charge in [-0.2, -0.15) is 0 Å². The number of para-hydroxylation sites is 1. The number of rotatable bonds is 7. The molecule has 0 unspecified atom stereocenters. The van der Waals surface area contributed by atoms with E-state index in [1.165, 1.54) is 23.9 Å². The van der Waals surface area contributed by atoms with Gasteiger partial charge in [-0.25, -0.2) is 9.37 Å². The van der Waals surface area contributed by atoms with E-state index in [1.807, 2.05) is 19.1 Å². The van der Waals surface area contributed by atoms with Gasteiger partial charge in [0.05, 0.1) is 16.2 Å². The van der Waals surface area contributed by atoms with Crippen LogP contribution in [0.2, 0.25) is 0 Å². The Balaban J connectivity index is 1.82. The van der Waals surface area contributed by atoms with Crippen LogP contribution in [-0.4, -0.2) is 32.7 Å². The van der Waals surface area contributed by atoms with Gasteiger partial charge in [-0.05, 0) is 43.2 Å². The fourth-order valence-corrected chi connectivity index (χ4v) is 4.21. The Labute approximate surface area is 173 Å². The van der Waals surface area contributed by atoms with Gasteiger partial charge in [0.1, 0.15) is 5.82 Å². The summed E-state index contributed by atoms with van der Waals surface area (Å²) in [5.74, 6) is -0.431. The summed E-state index contributed by atoms with van der Waals surface area (Å²) in [5, 5.41) is 0.674. The maximum absolute atomic E-state index is 13.4. The smallest absolute Gasteiger partial charge is 0.262 e. The monoisotopic (exact) mass is 413 g/mol. The van der Waals surface area contributed by atoms with Gasteiger partial charge in [-0.15, -0.1) is 0 Å². The van der Waals surface area contributed by atoms with Crippen LogP contribution in [0, 0.1) is 5.82 Å². The Morgan fingerprint density at radius 2 is 2.00 bits per heavy atom. The van der Waals surface area contributed by atoms with Crippen molar-refractivity contribution in [3.63, 3.8) is 0 Å². The van der Waals surface area contributed by atoms with E-state index in [0.717, 1.165) is 12.0 Å². The predicted octanol–water partition coefficient (Wildman–Crippen LogP) is 4.08. The quantitative estimate of drug-likeness (QED) is 0.433. The molecular formula is C22H24FN3O2S. The Kier molecular flexibility index (Phi) is 6.69. The number of hydrogen-bond acceptors (Lipinski definition) is 4. The molecule has 0 fully saturated rings. The van der Waals surface area contributed by atoms with E-state index >= 15 is 0 Å². The van der Waals surface area contributed by atoms with Crippen LogP contribution in [0.4, 0.5) is 4.39 Å². The van der Waals surface area contributed by atoms with Crippen LogP contribution in [0.1, 0.15) is 25.8 Å². The van der Waals surface area contributed by atoms with Crippen LogP contribution in [0.25, 0.3) is 10.9 Å². The first kappa shape index (κ1) is 21.0. The average Bonchev–Trinajstić information content (AvgIpc) is 2.70. The van der Waals surface area contributed by atoms with Gasteiger partial charge in [-0.3, -0.25) is 14.2 Å². The second-order valence-corrected chi connectivity index (χ2v) is 8.26. The van der Waals surface area contributed by atoms with Crippen LogP contribution < -0.4 is 5.56 Å². The molecule has 29 heavy (non-hydrogen) atoms. The first-order valence-electron chi connectivity index (χ1n) is 9.56. The van der Waals surface area contributed by atoms with Crippen molar-refractivity contribution in [1.29, 1.82) is 0 Å². The highest BCUT2D eigenvalue weighted by atomic mass is 32.2. The van der Waals surface area contributed by atoms with Gasteiger partial charge in [0.2, 0.25) is 5.91 Å². The highest BCUT2D eigenvalue weighted by Gasteiger charge is 2.22. The van der Waals surface area contributed by atoms with Crippen LogP contribution in [0.3, 0.4) is 0 Å². The van der Waals surface area contributed by atoms with Gasteiger partial charge in [0.15, 0.2) is 5.16 Å². The minimum Gasteiger partial charge on any atom is -0.340 e. The molecule has 0 aliphatic heterocycles. The van der Waals surface area contributed by atoms with Crippen molar-refractivity contribution < 1.29 is 9.18 Å². The second kappa shape index (κ2) is 9.22. The molecular weight excluding hydrogens is 389 g/mol. The summed E-state index contributed by atoms with van der Waals surface area (Å²) < 4.78 is 15.0. The van der Waals surface area contributed by atoms with E-state index in [1.54, 1.807) is 47.7 Å². The molecule has 0 aliphatic carbocycles. The van der Waals surface area contributed by atoms with Gasteiger partial charge in [0.25, 0.3) is 5.56 Å². The Morgan fingerprint density at radius 3 is 2.72 bits per heavy atom. The Hall–Kier alpha value is -2.67. The molecule has 0 aliphatic rings. The molecule has 0 saturated heterocycles. The summed E-state index contributed by atoms with van der Waals surface area (Å²) in [6.45, 7) is 4.65. The number of hydrogen-bond donors (Lipinski definition) is 0. The molecule has 1 heterocycles. The third-order valence-corrected chi connectivity index (χ3v) is 5.67. The van der Waals surface area contributed by atoms with Crippen molar-refractivity contribution in [2.24, 2.45) is 0 Å². The first-order chi connectivity index (χ1) is 13.9. The number of benzene rings is 2. The maximum Gasteiger partial charge on any atom is 0.262 e. The maximum atomic E-state index is 13.4. The molecule has 7 heteroatoms. The van der Waals surface area contributed by atoms with Crippen LogP contribution >= 0.6 is 11.8 Å². The highest BCUT2D eigenvalue weighted by molar-refractivity contribution is 8.00. The summed E-state index contributed by atoms with van der Waals surface area (Å²) in [6, 6.07) is 13.5. The summed E-state index contributed by atoms with van der Waals surface area (Å²) in [5.41, 5.74) is 1.26. The minimum absolute atomic E-state index is 0.0901. The van der Waals surface area contributed by atoms with Crippen molar-refractivity contribution in [1.82, 2.24) is 14.5 Å². The van der Waals surface area contributed by atoms with Crippen molar-refractivity contribution in [2.75, 3.05) is 7.05 Å². The molecule has 1 aromatic heterocycles. The van der Waals surface area contributed by atoms with Gasteiger partial charge >= 0.3 is 0 Å². The largest absolute Gasteiger partial charge is 0.340 e. The van der Waals surface area contributed by atoms with E-state index in [9.17, 15) is 14.0 Å². The van der Waals surface area contributed by atoms with Gasteiger partial charge < -0.3 is 4.90 Å². The van der Waals surface area contributed by atoms with E-state index in [4.69, 9.17) is 0 Å². The van der Waals surface area contributed by atoms with E-state index in [0.29, 0.717) is 29.1 Å². The molecule has 5 nitrogen and oxygen atoms in total. The molecule has 2 aromatic carbocycles. The lowest BCUT2D eigenvalue weighted by atomic mass is 10.2. The normalized spacial score (nSPS) is 12.1. The zero-order chi connectivity index (χ0) is 21.0. The summed E-state index contributed by atoms with van der Waals surface area (Å²) in [7, 11) is 1.69. The third-order valence-electron chi connectivity index (χ3n) is 4.59. The molecule has 3 rings (SSSR count).